The first-order valence-corrected chi connectivity index (χ1v) is 7.72. The fourth-order valence-corrected chi connectivity index (χ4v) is 2.34. The van der Waals surface area contributed by atoms with Crippen molar-refractivity contribution in [3.05, 3.63) is 39.9 Å². The van der Waals surface area contributed by atoms with Crippen LogP contribution in [0.4, 0.5) is 0 Å². The van der Waals surface area contributed by atoms with Crippen molar-refractivity contribution in [2.24, 2.45) is 0 Å². The van der Waals surface area contributed by atoms with Gasteiger partial charge >= 0.3 is 0 Å². The molecule has 0 spiro atoms. The van der Waals surface area contributed by atoms with Crippen LogP contribution < -0.4 is 5.32 Å². The number of hydrogen-bond acceptors (Lipinski definition) is 1. The van der Waals surface area contributed by atoms with Gasteiger partial charge in [0.1, 0.15) is 0 Å². The van der Waals surface area contributed by atoms with Crippen LogP contribution >= 0.6 is 23.2 Å². The number of unbranched alkanes of at least 4 members (excludes halogenated alkanes) is 2. The SMILES string of the molecule is CCCCC[C@@H](C)NC(=O)/C=C/c1ccc(Cl)cc1Cl. The molecule has 0 saturated carbocycles. The summed E-state index contributed by atoms with van der Waals surface area (Å²) < 4.78 is 0. The molecular formula is C16H21Cl2NO. The second-order valence-corrected chi connectivity index (χ2v) is 5.75. The molecule has 0 unspecified atom stereocenters. The van der Waals surface area contributed by atoms with Gasteiger partial charge in [0.25, 0.3) is 0 Å². The van der Waals surface area contributed by atoms with Crippen LogP contribution in [0, 0.1) is 0 Å². The Kier molecular flexibility index (Phi) is 7.71. The predicted molar refractivity (Wildman–Crippen MR) is 87.2 cm³/mol. The van der Waals surface area contributed by atoms with Crippen molar-refractivity contribution in [1.82, 2.24) is 5.32 Å². The van der Waals surface area contributed by atoms with Crippen molar-refractivity contribution >= 4 is 35.2 Å². The lowest BCUT2D eigenvalue weighted by Crippen LogP contribution is -2.30. The third kappa shape index (κ3) is 6.44. The van der Waals surface area contributed by atoms with Gasteiger partial charge in [-0.3, -0.25) is 4.79 Å². The van der Waals surface area contributed by atoms with Gasteiger partial charge < -0.3 is 5.32 Å². The number of benzene rings is 1. The molecule has 1 atom stereocenters. The van der Waals surface area contributed by atoms with E-state index >= 15 is 0 Å². The van der Waals surface area contributed by atoms with Crippen molar-refractivity contribution in [2.75, 3.05) is 0 Å². The Morgan fingerprint density at radius 3 is 2.75 bits per heavy atom. The minimum atomic E-state index is -0.0972. The molecule has 2 nitrogen and oxygen atoms in total. The molecule has 20 heavy (non-hydrogen) atoms. The van der Waals surface area contributed by atoms with E-state index in [2.05, 4.69) is 12.2 Å². The van der Waals surface area contributed by atoms with Crippen molar-refractivity contribution in [2.45, 2.75) is 45.6 Å². The molecule has 0 aromatic heterocycles. The first kappa shape index (κ1) is 17.1. The number of rotatable bonds is 7. The minimum Gasteiger partial charge on any atom is -0.350 e. The smallest absolute Gasteiger partial charge is 0.244 e. The van der Waals surface area contributed by atoms with Crippen LogP contribution in [0.3, 0.4) is 0 Å². The van der Waals surface area contributed by atoms with E-state index in [-0.39, 0.29) is 11.9 Å². The highest BCUT2D eigenvalue weighted by molar-refractivity contribution is 6.35. The summed E-state index contributed by atoms with van der Waals surface area (Å²) in [7, 11) is 0. The molecular weight excluding hydrogens is 293 g/mol. The van der Waals surface area contributed by atoms with E-state index in [0.29, 0.717) is 10.0 Å². The fraction of sp³-hybridized carbons (Fsp3) is 0.438. The Morgan fingerprint density at radius 1 is 1.35 bits per heavy atom. The maximum Gasteiger partial charge on any atom is 0.244 e. The van der Waals surface area contributed by atoms with Gasteiger partial charge in [-0.15, -0.1) is 0 Å². The Hall–Kier alpha value is -0.990. The number of nitrogens with one attached hydrogen (secondary N) is 1. The van der Waals surface area contributed by atoms with Gasteiger partial charge in [0, 0.05) is 22.2 Å². The summed E-state index contributed by atoms with van der Waals surface area (Å²) in [6.45, 7) is 4.19. The average Bonchev–Trinajstić information content (AvgIpc) is 2.38. The maximum atomic E-state index is 11.8. The van der Waals surface area contributed by atoms with Crippen molar-refractivity contribution in [1.29, 1.82) is 0 Å². The van der Waals surface area contributed by atoms with E-state index in [4.69, 9.17) is 23.2 Å². The summed E-state index contributed by atoms with van der Waals surface area (Å²) in [6, 6.07) is 5.39. The highest BCUT2D eigenvalue weighted by atomic mass is 35.5. The fourth-order valence-electron chi connectivity index (χ4n) is 1.87. The van der Waals surface area contributed by atoms with Gasteiger partial charge in [-0.2, -0.15) is 0 Å². The molecule has 1 N–H and O–H groups in total. The van der Waals surface area contributed by atoms with E-state index in [9.17, 15) is 4.79 Å². The van der Waals surface area contributed by atoms with E-state index in [1.54, 1.807) is 24.3 Å². The summed E-state index contributed by atoms with van der Waals surface area (Å²) in [5.41, 5.74) is 0.782. The number of carbonyl (C=O) groups excluding carboxylic acids is 1. The normalized spacial score (nSPS) is 12.6. The summed E-state index contributed by atoms with van der Waals surface area (Å²) >= 11 is 11.9. The summed E-state index contributed by atoms with van der Waals surface area (Å²) in [5.74, 6) is -0.0972. The number of amides is 1. The maximum absolute atomic E-state index is 11.8. The quantitative estimate of drug-likeness (QED) is 0.551. The minimum absolute atomic E-state index is 0.0972. The Bertz CT molecular complexity index is 472. The van der Waals surface area contributed by atoms with Gasteiger partial charge in [-0.25, -0.2) is 0 Å². The second-order valence-electron chi connectivity index (χ2n) is 4.90. The lowest BCUT2D eigenvalue weighted by atomic mass is 10.1. The van der Waals surface area contributed by atoms with Crippen LogP contribution in [0.1, 0.15) is 45.1 Å². The summed E-state index contributed by atoms with van der Waals surface area (Å²) in [6.07, 6.45) is 7.75. The molecule has 0 aliphatic heterocycles. The van der Waals surface area contributed by atoms with Crippen molar-refractivity contribution in [3.8, 4) is 0 Å². The number of halogens is 2. The number of carbonyl (C=O) groups is 1. The molecule has 1 amide bonds. The molecule has 0 saturated heterocycles. The Morgan fingerprint density at radius 2 is 2.10 bits per heavy atom. The average molecular weight is 314 g/mol. The standard InChI is InChI=1S/C16H21Cl2NO/c1-3-4-5-6-12(2)19-16(20)10-8-13-7-9-14(17)11-15(13)18/h7-12H,3-6H2,1-2H3,(H,19,20)/b10-8+/t12-/m1/s1. The molecule has 110 valence electrons. The van der Waals surface area contributed by atoms with E-state index in [0.717, 1.165) is 18.4 Å². The zero-order valence-electron chi connectivity index (χ0n) is 12.0. The van der Waals surface area contributed by atoms with Crippen LogP contribution in [0.5, 0.6) is 0 Å². The molecule has 1 rings (SSSR count). The number of hydrogen-bond donors (Lipinski definition) is 1. The van der Waals surface area contributed by atoms with Gasteiger partial charge in [0.05, 0.1) is 0 Å². The lowest BCUT2D eigenvalue weighted by Gasteiger charge is -2.11. The summed E-state index contributed by atoms with van der Waals surface area (Å²) in [4.78, 5) is 11.8. The molecule has 1 aromatic carbocycles. The lowest BCUT2D eigenvalue weighted by molar-refractivity contribution is -0.117. The molecule has 0 aliphatic rings. The first-order chi connectivity index (χ1) is 9.52. The Labute approximate surface area is 131 Å². The topological polar surface area (TPSA) is 29.1 Å². The third-order valence-electron chi connectivity index (χ3n) is 3.01. The van der Waals surface area contributed by atoms with Gasteiger partial charge in [-0.05, 0) is 37.1 Å². The van der Waals surface area contributed by atoms with Crippen LogP contribution in [0.2, 0.25) is 10.0 Å². The van der Waals surface area contributed by atoms with Crippen LogP contribution in [-0.4, -0.2) is 11.9 Å². The monoisotopic (exact) mass is 313 g/mol. The van der Waals surface area contributed by atoms with E-state index in [1.165, 1.54) is 18.9 Å². The molecule has 0 fully saturated rings. The molecule has 0 aliphatic carbocycles. The van der Waals surface area contributed by atoms with Crippen LogP contribution in [-0.2, 0) is 4.79 Å². The molecule has 1 aromatic rings. The Balaban J connectivity index is 2.47. The molecule has 0 radical (unpaired) electrons. The van der Waals surface area contributed by atoms with Crippen molar-refractivity contribution in [3.63, 3.8) is 0 Å². The van der Waals surface area contributed by atoms with Crippen molar-refractivity contribution < 1.29 is 4.79 Å². The molecule has 0 bridgehead atoms. The highest BCUT2D eigenvalue weighted by Gasteiger charge is 2.04. The second kappa shape index (κ2) is 9.04. The predicted octanol–water partition coefficient (Wildman–Crippen LogP) is 5.09. The molecule has 0 heterocycles. The van der Waals surface area contributed by atoms with Gasteiger partial charge in [-0.1, -0.05) is 55.5 Å². The van der Waals surface area contributed by atoms with Gasteiger partial charge in [0.2, 0.25) is 5.91 Å². The van der Waals surface area contributed by atoms with Gasteiger partial charge in [0.15, 0.2) is 0 Å². The highest BCUT2D eigenvalue weighted by Crippen LogP contribution is 2.21. The largest absolute Gasteiger partial charge is 0.350 e. The first-order valence-electron chi connectivity index (χ1n) is 6.96. The van der Waals surface area contributed by atoms with Crippen LogP contribution in [0.15, 0.2) is 24.3 Å². The van der Waals surface area contributed by atoms with Crippen LogP contribution in [0.25, 0.3) is 6.08 Å². The van der Waals surface area contributed by atoms with E-state index < -0.39 is 0 Å². The third-order valence-corrected chi connectivity index (χ3v) is 3.57. The van der Waals surface area contributed by atoms with E-state index in [1.807, 2.05) is 6.92 Å². The zero-order chi connectivity index (χ0) is 15.0. The zero-order valence-corrected chi connectivity index (χ0v) is 13.5. The molecule has 4 heteroatoms. The summed E-state index contributed by atoms with van der Waals surface area (Å²) in [5, 5.41) is 4.07.